The molecule has 6 rings (SSSR count). The number of aryl methyl sites for hydroxylation is 3. The van der Waals surface area contributed by atoms with E-state index in [0.29, 0.717) is 36.4 Å². The number of anilines is 1. The zero-order valence-corrected chi connectivity index (χ0v) is 19.8. The van der Waals surface area contributed by atoms with Crippen LogP contribution in [-0.4, -0.2) is 71.8 Å². The molecule has 10 nitrogen and oxygen atoms in total. The molecule has 1 amide bonds. The lowest BCUT2D eigenvalue weighted by atomic mass is 9.99. The third-order valence-electron chi connectivity index (χ3n) is 6.86. The van der Waals surface area contributed by atoms with Gasteiger partial charge in [0.25, 0.3) is 0 Å². The van der Waals surface area contributed by atoms with Crippen molar-refractivity contribution in [2.24, 2.45) is 7.05 Å². The minimum absolute atomic E-state index is 0.00311. The molecule has 2 aliphatic heterocycles. The van der Waals surface area contributed by atoms with Gasteiger partial charge in [-0.25, -0.2) is 19.9 Å². The number of hydrogen-bond donors (Lipinski definition) is 0. The summed E-state index contributed by atoms with van der Waals surface area (Å²) in [7, 11) is 3.91. The van der Waals surface area contributed by atoms with Crippen molar-refractivity contribution in [2.75, 3.05) is 31.6 Å². The lowest BCUT2D eigenvalue weighted by molar-refractivity contribution is -0.126. The van der Waals surface area contributed by atoms with E-state index in [2.05, 4.69) is 43.7 Å². The molecule has 1 unspecified atom stereocenters. The average molecular weight is 458 g/mol. The molecule has 10 heteroatoms. The lowest BCUT2D eigenvalue weighted by Gasteiger charge is -2.39. The van der Waals surface area contributed by atoms with Crippen LogP contribution in [0, 0.1) is 13.8 Å². The highest BCUT2D eigenvalue weighted by Crippen LogP contribution is 2.33. The number of benzene rings is 1. The van der Waals surface area contributed by atoms with Gasteiger partial charge in [0, 0.05) is 52.1 Å². The summed E-state index contributed by atoms with van der Waals surface area (Å²) in [5, 5.41) is 4.61. The zero-order chi connectivity index (χ0) is 23.6. The highest BCUT2D eigenvalue weighted by molar-refractivity contribution is 5.79. The monoisotopic (exact) mass is 457 g/mol. The second kappa shape index (κ2) is 7.61. The van der Waals surface area contributed by atoms with E-state index in [0.717, 1.165) is 41.6 Å². The third kappa shape index (κ3) is 3.32. The number of likely N-dealkylation sites (tertiary alicyclic amines) is 1. The molecule has 0 radical (unpaired) electrons. The van der Waals surface area contributed by atoms with Crippen LogP contribution in [0.2, 0.25) is 0 Å². The van der Waals surface area contributed by atoms with Crippen molar-refractivity contribution < 1.29 is 4.79 Å². The summed E-state index contributed by atoms with van der Waals surface area (Å²) < 4.78 is 3.98. The molecule has 0 bridgehead atoms. The van der Waals surface area contributed by atoms with Crippen molar-refractivity contribution in [3.8, 4) is 5.82 Å². The Kier molecular flexibility index (Phi) is 4.65. The molecule has 34 heavy (non-hydrogen) atoms. The van der Waals surface area contributed by atoms with E-state index in [-0.39, 0.29) is 11.8 Å². The van der Waals surface area contributed by atoms with Crippen molar-refractivity contribution in [2.45, 2.75) is 32.1 Å². The molecule has 2 fully saturated rings. The van der Waals surface area contributed by atoms with E-state index >= 15 is 0 Å². The normalized spacial score (nSPS) is 18.8. The van der Waals surface area contributed by atoms with Crippen LogP contribution in [0.3, 0.4) is 0 Å². The smallest absolute Gasteiger partial charge is 0.223 e. The molecule has 1 atom stereocenters. The molecule has 0 spiro atoms. The fourth-order valence-corrected chi connectivity index (χ4v) is 5.07. The number of fused-ring (bicyclic) bond motifs is 1. The number of likely N-dealkylation sites (N-methyl/N-ethyl adjacent to an activating group) is 1. The predicted molar refractivity (Wildman–Crippen MR) is 127 cm³/mol. The number of imidazole rings is 1. The molecule has 5 heterocycles. The van der Waals surface area contributed by atoms with E-state index in [1.165, 1.54) is 0 Å². The zero-order valence-electron chi connectivity index (χ0n) is 19.8. The summed E-state index contributed by atoms with van der Waals surface area (Å²) in [6.07, 6.45) is 0.442. The highest BCUT2D eigenvalue weighted by atomic mass is 16.2. The Labute approximate surface area is 197 Å². The number of nitrogens with zero attached hydrogens (tertiary/aromatic N) is 9. The highest BCUT2D eigenvalue weighted by Gasteiger charge is 2.35. The number of para-hydroxylation sites is 2. The first-order valence-electron chi connectivity index (χ1n) is 11.6. The number of rotatable bonds is 4. The Morgan fingerprint density at radius 3 is 2.35 bits per heavy atom. The molecule has 0 N–H and O–H groups in total. The van der Waals surface area contributed by atoms with Gasteiger partial charge in [-0.1, -0.05) is 12.1 Å². The van der Waals surface area contributed by atoms with Gasteiger partial charge < -0.3 is 14.4 Å². The minimum Gasteiger partial charge on any atom is -0.355 e. The van der Waals surface area contributed by atoms with Gasteiger partial charge in [-0.15, -0.1) is 5.10 Å². The maximum atomic E-state index is 12.1. The molecule has 3 aromatic heterocycles. The average Bonchev–Trinajstić information content (AvgIpc) is 3.43. The van der Waals surface area contributed by atoms with Gasteiger partial charge in [-0.3, -0.25) is 4.79 Å². The molecular formula is C24H27N9O. The summed E-state index contributed by atoms with van der Waals surface area (Å²) in [5.74, 6) is 5.27. The van der Waals surface area contributed by atoms with Crippen LogP contribution in [0.5, 0.6) is 0 Å². The fourth-order valence-electron chi connectivity index (χ4n) is 5.07. The van der Waals surface area contributed by atoms with Crippen LogP contribution in [0.4, 0.5) is 5.82 Å². The quantitative estimate of drug-likeness (QED) is 0.463. The second-order valence-electron chi connectivity index (χ2n) is 9.36. The summed E-state index contributed by atoms with van der Waals surface area (Å²) in [6.45, 7) is 6.09. The Bertz CT molecular complexity index is 1420. The first-order chi connectivity index (χ1) is 16.4. The first kappa shape index (κ1) is 20.8. The number of hydrogen-bond acceptors (Lipinski definition) is 7. The summed E-state index contributed by atoms with van der Waals surface area (Å²) in [6, 6.07) is 10.2. The third-order valence-corrected chi connectivity index (χ3v) is 6.86. The van der Waals surface area contributed by atoms with Crippen LogP contribution in [0.15, 0.2) is 30.3 Å². The van der Waals surface area contributed by atoms with Crippen molar-refractivity contribution in [1.82, 2.24) is 39.2 Å². The number of amides is 1. The molecule has 0 saturated carbocycles. The molecule has 2 saturated heterocycles. The van der Waals surface area contributed by atoms with E-state index in [4.69, 9.17) is 9.97 Å². The Morgan fingerprint density at radius 1 is 0.853 bits per heavy atom. The first-order valence-corrected chi connectivity index (χ1v) is 11.6. The largest absolute Gasteiger partial charge is 0.355 e. The van der Waals surface area contributed by atoms with Crippen LogP contribution >= 0.6 is 0 Å². The van der Waals surface area contributed by atoms with Gasteiger partial charge in [0.15, 0.2) is 5.82 Å². The van der Waals surface area contributed by atoms with Crippen LogP contribution < -0.4 is 4.90 Å². The topological polar surface area (TPSA) is 97.9 Å². The molecule has 4 aromatic rings. The number of carbonyl (C=O) groups is 1. The van der Waals surface area contributed by atoms with Crippen molar-refractivity contribution in [3.63, 3.8) is 0 Å². The van der Waals surface area contributed by atoms with E-state index < -0.39 is 0 Å². The Balaban J connectivity index is 1.27. The van der Waals surface area contributed by atoms with E-state index in [1.54, 1.807) is 9.58 Å². The van der Waals surface area contributed by atoms with Gasteiger partial charge in [0.2, 0.25) is 5.91 Å². The van der Waals surface area contributed by atoms with Crippen molar-refractivity contribution in [1.29, 1.82) is 0 Å². The Hall–Kier alpha value is -3.82. The van der Waals surface area contributed by atoms with Crippen LogP contribution in [0.1, 0.15) is 41.6 Å². The van der Waals surface area contributed by atoms with Gasteiger partial charge in [-0.05, 0) is 26.0 Å². The summed E-state index contributed by atoms with van der Waals surface area (Å²) in [4.78, 5) is 35.0. The molecule has 0 aliphatic carbocycles. The van der Waals surface area contributed by atoms with Crippen LogP contribution in [0.25, 0.3) is 16.9 Å². The summed E-state index contributed by atoms with van der Waals surface area (Å²) >= 11 is 0. The molecule has 2 aliphatic rings. The standard InChI is InChI=1S/C24H27N9O/c1-14-25-20(32-12-17(13-32)23-28-18-7-5-6-8-19(18)31(23)4)10-21(26-14)33-24(27-15(2)29-33)16-9-22(34)30(3)11-16/h5-8,10,16-17H,9,11-13H2,1-4H3. The minimum atomic E-state index is 0.00311. The van der Waals surface area contributed by atoms with E-state index in [9.17, 15) is 4.79 Å². The van der Waals surface area contributed by atoms with Crippen molar-refractivity contribution in [3.05, 3.63) is 53.6 Å². The second-order valence-corrected chi connectivity index (χ2v) is 9.36. The molecular weight excluding hydrogens is 430 g/mol. The van der Waals surface area contributed by atoms with Gasteiger partial charge in [-0.2, -0.15) is 4.68 Å². The Morgan fingerprint density at radius 2 is 1.62 bits per heavy atom. The molecule has 1 aromatic carbocycles. The molecule has 174 valence electrons. The number of aromatic nitrogens is 7. The van der Waals surface area contributed by atoms with Crippen LogP contribution in [-0.2, 0) is 11.8 Å². The number of carbonyl (C=O) groups excluding carboxylic acids is 1. The van der Waals surface area contributed by atoms with Gasteiger partial charge in [0.1, 0.15) is 29.1 Å². The fraction of sp³-hybridized carbons (Fsp3) is 0.417. The lowest BCUT2D eigenvalue weighted by Crippen LogP contribution is -2.46. The summed E-state index contributed by atoms with van der Waals surface area (Å²) in [5.41, 5.74) is 2.19. The van der Waals surface area contributed by atoms with E-state index in [1.807, 2.05) is 39.1 Å². The van der Waals surface area contributed by atoms with Gasteiger partial charge in [0.05, 0.1) is 17.0 Å². The van der Waals surface area contributed by atoms with Crippen molar-refractivity contribution >= 4 is 22.8 Å². The van der Waals surface area contributed by atoms with Gasteiger partial charge >= 0.3 is 0 Å². The SMILES string of the molecule is Cc1nc(N2CC(c3nc4ccccc4n3C)C2)cc(-n2nc(C)nc2C2CC(=O)N(C)C2)n1. The maximum absolute atomic E-state index is 12.1. The maximum Gasteiger partial charge on any atom is 0.223 e. The predicted octanol–water partition coefficient (Wildman–Crippen LogP) is 2.11.